The molecule has 1 aromatic carbocycles. The molecule has 25 heavy (non-hydrogen) atoms. The summed E-state index contributed by atoms with van der Waals surface area (Å²) in [7, 11) is 0. The lowest BCUT2D eigenvalue weighted by Crippen LogP contribution is -2.20. The molecule has 0 radical (unpaired) electrons. The third-order valence-corrected chi connectivity index (χ3v) is 4.91. The molecule has 3 heterocycles. The Labute approximate surface area is 147 Å². The van der Waals surface area contributed by atoms with E-state index < -0.39 is 0 Å². The first-order valence-corrected chi connectivity index (χ1v) is 8.64. The van der Waals surface area contributed by atoms with Crippen LogP contribution in [0.2, 0.25) is 0 Å². The molecule has 5 heteroatoms. The van der Waals surface area contributed by atoms with E-state index in [1.807, 2.05) is 19.3 Å². The molecular weight excluding hydrogens is 312 g/mol. The number of nitrogens with zero attached hydrogens (tertiary/aromatic N) is 2. The van der Waals surface area contributed by atoms with Crippen LogP contribution in [0.25, 0.3) is 21.9 Å². The van der Waals surface area contributed by atoms with E-state index in [1.165, 1.54) is 5.56 Å². The van der Waals surface area contributed by atoms with Crippen LogP contribution in [0.15, 0.2) is 24.5 Å². The van der Waals surface area contributed by atoms with Crippen molar-refractivity contribution >= 4 is 22.1 Å². The van der Waals surface area contributed by atoms with E-state index >= 15 is 0 Å². The number of pyridine rings is 2. The third-order valence-electron chi connectivity index (χ3n) is 4.91. The van der Waals surface area contributed by atoms with E-state index in [9.17, 15) is 0 Å². The van der Waals surface area contributed by atoms with Crippen molar-refractivity contribution in [2.75, 3.05) is 24.2 Å². The van der Waals surface area contributed by atoms with Crippen LogP contribution in [0.3, 0.4) is 0 Å². The second-order valence-electron chi connectivity index (χ2n) is 6.47. The van der Waals surface area contributed by atoms with Gasteiger partial charge < -0.3 is 15.8 Å². The number of nitrogens with two attached hydrogens (primary N) is 1. The lowest BCUT2D eigenvalue weighted by Gasteiger charge is -2.23. The summed E-state index contributed by atoms with van der Waals surface area (Å²) in [6.07, 6.45) is 4.66. The molecule has 4 rings (SSSR count). The number of nitrogen functional groups attached to an aromatic ring is 1. The molecule has 0 atom stereocenters. The van der Waals surface area contributed by atoms with Gasteiger partial charge in [-0.2, -0.15) is 0 Å². The zero-order chi connectivity index (χ0) is 17.6. The molecule has 2 aromatic heterocycles. The average molecular weight is 334 g/mol. The minimum atomic E-state index is 0.650. The fourth-order valence-corrected chi connectivity index (χ4v) is 3.56. The van der Waals surface area contributed by atoms with Crippen molar-refractivity contribution in [2.45, 2.75) is 27.2 Å². The van der Waals surface area contributed by atoms with E-state index in [0.29, 0.717) is 12.5 Å². The number of rotatable bonds is 2. The highest BCUT2D eigenvalue weighted by atomic mass is 16.5. The summed E-state index contributed by atoms with van der Waals surface area (Å²) in [6, 6.07) is 4.27. The maximum absolute atomic E-state index is 6.44. The zero-order valence-corrected chi connectivity index (χ0v) is 14.8. The number of anilines is 2. The second kappa shape index (κ2) is 5.92. The lowest BCUT2D eigenvalue weighted by atomic mass is 9.91. The molecular formula is C20H22N4O. The van der Waals surface area contributed by atoms with Crippen LogP contribution in [-0.4, -0.2) is 23.1 Å². The summed E-state index contributed by atoms with van der Waals surface area (Å²) in [5.74, 6) is 0.693. The Morgan fingerprint density at radius 2 is 2.00 bits per heavy atom. The van der Waals surface area contributed by atoms with Crippen LogP contribution >= 0.6 is 0 Å². The molecule has 0 unspecified atom stereocenters. The Hall–Kier alpha value is -2.82. The summed E-state index contributed by atoms with van der Waals surface area (Å²) in [4.78, 5) is 8.92. The average Bonchev–Trinajstić information content (AvgIpc) is 2.63. The number of fused-ring (bicyclic) bond motifs is 2. The summed E-state index contributed by atoms with van der Waals surface area (Å²) in [6.45, 7) is 7.66. The molecule has 128 valence electrons. The molecule has 0 saturated heterocycles. The standard InChI is InChI=1S/C20H22N4O/c1-4-14-17(10-24-20-19(14)22-5-6-25-20)15-8-13-7-11(2)23-9-16(13)18(21)12(15)3/h7-10,22H,4-6,21H2,1-3H3. The molecule has 0 aliphatic carbocycles. The molecule has 3 N–H and O–H groups in total. The van der Waals surface area contributed by atoms with E-state index in [-0.39, 0.29) is 0 Å². The highest BCUT2D eigenvalue weighted by molar-refractivity contribution is 5.99. The maximum atomic E-state index is 6.44. The van der Waals surface area contributed by atoms with Gasteiger partial charge in [-0.05, 0) is 54.5 Å². The van der Waals surface area contributed by atoms with Gasteiger partial charge in [0.2, 0.25) is 5.88 Å². The van der Waals surface area contributed by atoms with Crippen molar-refractivity contribution in [2.24, 2.45) is 0 Å². The SMILES string of the molecule is CCc1c(-c2cc3cc(C)ncc3c(N)c2C)cnc2c1NCCO2. The normalized spacial score (nSPS) is 13.2. The Morgan fingerprint density at radius 1 is 1.16 bits per heavy atom. The Kier molecular flexibility index (Phi) is 3.71. The largest absolute Gasteiger partial charge is 0.474 e. The lowest BCUT2D eigenvalue weighted by molar-refractivity contribution is 0.310. The molecule has 5 nitrogen and oxygen atoms in total. The van der Waals surface area contributed by atoms with Gasteiger partial charge in [0.05, 0.1) is 0 Å². The van der Waals surface area contributed by atoms with Gasteiger partial charge in [-0.1, -0.05) is 6.92 Å². The van der Waals surface area contributed by atoms with Crippen molar-refractivity contribution in [1.82, 2.24) is 9.97 Å². The first-order chi connectivity index (χ1) is 12.1. The quantitative estimate of drug-likeness (QED) is 0.696. The van der Waals surface area contributed by atoms with Crippen LogP contribution in [-0.2, 0) is 6.42 Å². The Morgan fingerprint density at radius 3 is 2.80 bits per heavy atom. The number of ether oxygens (including phenoxy) is 1. The van der Waals surface area contributed by atoms with E-state index in [2.05, 4.69) is 41.3 Å². The fraction of sp³-hybridized carbons (Fsp3) is 0.300. The topological polar surface area (TPSA) is 73.1 Å². The van der Waals surface area contributed by atoms with Crippen LogP contribution < -0.4 is 15.8 Å². The van der Waals surface area contributed by atoms with Crippen LogP contribution in [0.5, 0.6) is 5.88 Å². The first-order valence-electron chi connectivity index (χ1n) is 8.64. The smallest absolute Gasteiger partial charge is 0.237 e. The molecule has 0 fully saturated rings. The number of hydrogen-bond acceptors (Lipinski definition) is 5. The maximum Gasteiger partial charge on any atom is 0.237 e. The van der Waals surface area contributed by atoms with Crippen LogP contribution in [0.4, 0.5) is 11.4 Å². The van der Waals surface area contributed by atoms with Crippen molar-refractivity contribution < 1.29 is 4.74 Å². The second-order valence-corrected chi connectivity index (χ2v) is 6.47. The molecule has 1 aliphatic rings. The predicted octanol–water partition coefficient (Wildman–Crippen LogP) is 3.86. The predicted molar refractivity (Wildman–Crippen MR) is 102 cm³/mol. The van der Waals surface area contributed by atoms with Gasteiger partial charge >= 0.3 is 0 Å². The van der Waals surface area contributed by atoms with Gasteiger partial charge in [0, 0.05) is 41.3 Å². The monoisotopic (exact) mass is 334 g/mol. The highest BCUT2D eigenvalue weighted by Gasteiger charge is 2.20. The molecule has 0 bridgehead atoms. The summed E-state index contributed by atoms with van der Waals surface area (Å²) in [5, 5.41) is 5.55. The highest BCUT2D eigenvalue weighted by Crippen LogP contribution is 2.40. The van der Waals surface area contributed by atoms with E-state index in [4.69, 9.17) is 10.5 Å². The summed E-state index contributed by atoms with van der Waals surface area (Å²) < 4.78 is 5.69. The number of nitrogens with one attached hydrogen (secondary N) is 1. The van der Waals surface area contributed by atoms with Gasteiger partial charge in [-0.25, -0.2) is 4.98 Å². The number of benzene rings is 1. The van der Waals surface area contributed by atoms with Gasteiger partial charge in [0.1, 0.15) is 12.3 Å². The minimum absolute atomic E-state index is 0.650. The fourth-order valence-electron chi connectivity index (χ4n) is 3.56. The third kappa shape index (κ3) is 2.47. The number of hydrogen-bond donors (Lipinski definition) is 2. The summed E-state index contributed by atoms with van der Waals surface area (Å²) in [5.41, 5.74) is 13.7. The molecule has 0 amide bonds. The van der Waals surface area contributed by atoms with Crippen molar-refractivity contribution in [3.05, 3.63) is 41.3 Å². The van der Waals surface area contributed by atoms with Crippen molar-refractivity contribution in [1.29, 1.82) is 0 Å². The number of aromatic nitrogens is 2. The van der Waals surface area contributed by atoms with Crippen LogP contribution in [0.1, 0.15) is 23.7 Å². The van der Waals surface area contributed by atoms with E-state index in [1.54, 1.807) is 0 Å². The summed E-state index contributed by atoms with van der Waals surface area (Å²) >= 11 is 0. The molecule has 3 aromatic rings. The van der Waals surface area contributed by atoms with Gasteiger partial charge in [-0.15, -0.1) is 0 Å². The number of aryl methyl sites for hydroxylation is 1. The first kappa shape index (κ1) is 15.7. The van der Waals surface area contributed by atoms with Gasteiger partial charge in [0.15, 0.2) is 0 Å². The van der Waals surface area contributed by atoms with Gasteiger partial charge in [0.25, 0.3) is 0 Å². The zero-order valence-electron chi connectivity index (χ0n) is 14.8. The molecule has 0 saturated carbocycles. The van der Waals surface area contributed by atoms with Crippen molar-refractivity contribution in [3.8, 4) is 17.0 Å². The Bertz CT molecular complexity index is 981. The van der Waals surface area contributed by atoms with Crippen molar-refractivity contribution in [3.63, 3.8) is 0 Å². The minimum Gasteiger partial charge on any atom is -0.474 e. The molecule has 0 spiro atoms. The van der Waals surface area contributed by atoms with Gasteiger partial charge in [-0.3, -0.25) is 4.98 Å². The molecule has 1 aliphatic heterocycles. The van der Waals surface area contributed by atoms with E-state index in [0.717, 1.165) is 57.5 Å². The van der Waals surface area contributed by atoms with Crippen LogP contribution in [0, 0.1) is 13.8 Å². The Balaban J connectivity index is 2.00.